The summed E-state index contributed by atoms with van der Waals surface area (Å²) in [6.45, 7) is 0. The number of aromatic nitrogens is 2. The Balaban J connectivity index is 3.09. The van der Waals surface area contributed by atoms with Gasteiger partial charge in [-0.3, -0.25) is 4.98 Å². The molecular formula is C6H7BrN2O2S. The molecule has 1 aromatic heterocycles. The smallest absolute Gasteiger partial charge is 0.194 e. The molecular weight excluding hydrogens is 244 g/mol. The van der Waals surface area contributed by atoms with Crippen molar-refractivity contribution >= 4 is 25.8 Å². The van der Waals surface area contributed by atoms with E-state index in [1.807, 2.05) is 0 Å². The van der Waals surface area contributed by atoms with Crippen molar-refractivity contribution in [2.24, 2.45) is 0 Å². The van der Waals surface area contributed by atoms with Gasteiger partial charge < -0.3 is 0 Å². The second-order valence-electron chi connectivity index (χ2n) is 2.25. The molecule has 1 heterocycles. The van der Waals surface area contributed by atoms with E-state index in [0.717, 1.165) is 6.26 Å². The van der Waals surface area contributed by atoms with Gasteiger partial charge in [-0.1, -0.05) is 15.9 Å². The highest BCUT2D eigenvalue weighted by Crippen LogP contribution is 2.04. The second kappa shape index (κ2) is 3.49. The highest BCUT2D eigenvalue weighted by atomic mass is 79.9. The third kappa shape index (κ3) is 2.25. The van der Waals surface area contributed by atoms with Gasteiger partial charge in [0.1, 0.15) is 0 Å². The van der Waals surface area contributed by atoms with Crippen molar-refractivity contribution in [3.05, 3.63) is 18.1 Å². The molecule has 66 valence electrons. The molecule has 0 saturated carbocycles. The number of hydrogen-bond donors (Lipinski definition) is 0. The number of sulfone groups is 1. The molecule has 0 spiro atoms. The quantitative estimate of drug-likeness (QED) is 0.728. The highest BCUT2D eigenvalue weighted by molar-refractivity contribution is 9.08. The molecule has 0 N–H and O–H groups in total. The Morgan fingerprint density at radius 2 is 2.08 bits per heavy atom. The zero-order chi connectivity index (χ0) is 9.19. The maximum Gasteiger partial charge on any atom is 0.194 e. The molecule has 0 bridgehead atoms. The summed E-state index contributed by atoms with van der Waals surface area (Å²) in [6, 6.07) is 0. The normalized spacial score (nSPS) is 11.5. The van der Waals surface area contributed by atoms with E-state index in [2.05, 4.69) is 25.9 Å². The standard InChI is InChI=1S/C6H7BrN2O2S/c1-12(10,11)6-4-8-5(2-7)3-9-6/h3-4H,2H2,1H3. The molecule has 0 aliphatic rings. The first-order valence-corrected chi connectivity index (χ1v) is 6.12. The van der Waals surface area contributed by atoms with Gasteiger partial charge in [0.05, 0.1) is 18.1 Å². The van der Waals surface area contributed by atoms with Crippen molar-refractivity contribution in [2.75, 3.05) is 6.26 Å². The average molecular weight is 251 g/mol. The van der Waals surface area contributed by atoms with Crippen molar-refractivity contribution in [3.8, 4) is 0 Å². The van der Waals surface area contributed by atoms with Gasteiger partial charge in [0.15, 0.2) is 14.9 Å². The van der Waals surface area contributed by atoms with Gasteiger partial charge in [-0.2, -0.15) is 0 Å². The van der Waals surface area contributed by atoms with Gasteiger partial charge in [-0.15, -0.1) is 0 Å². The Kier molecular flexibility index (Phi) is 2.79. The SMILES string of the molecule is CS(=O)(=O)c1cnc(CBr)cn1. The van der Waals surface area contributed by atoms with Crippen molar-refractivity contribution in [3.63, 3.8) is 0 Å². The molecule has 4 nitrogen and oxygen atoms in total. The van der Waals surface area contributed by atoms with E-state index in [0.29, 0.717) is 11.0 Å². The predicted octanol–water partition coefficient (Wildman–Crippen LogP) is 0.775. The fourth-order valence-corrected chi connectivity index (χ4v) is 1.38. The zero-order valence-electron chi connectivity index (χ0n) is 6.36. The average Bonchev–Trinajstić information content (AvgIpc) is 2.03. The Morgan fingerprint density at radius 1 is 1.42 bits per heavy atom. The summed E-state index contributed by atoms with van der Waals surface area (Å²) < 4.78 is 21.8. The summed E-state index contributed by atoms with van der Waals surface area (Å²) in [6.07, 6.45) is 3.79. The molecule has 0 aliphatic heterocycles. The number of alkyl halides is 1. The predicted molar refractivity (Wildman–Crippen MR) is 47.8 cm³/mol. The van der Waals surface area contributed by atoms with Crippen molar-refractivity contribution in [1.82, 2.24) is 9.97 Å². The highest BCUT2D eigenvalue weighted by Gasteiger charge is 2.08. The van der Waals surface area contributed by atoms with Crippen LogP contribution >= 0.6 is 15.9 Å². The zero-order valence-corrected chi connectivity index (χ0v) is 8.76. The lowest BCUT2D eigenvalue weighted by atomic mass is 10.5. The molecule has 0 aromatic carbocycles. The number of halogens is 1. The summed E-state index contributed by atoms with van der Waals surface area (Å²) in [5.74, 6) is 0. The Labute approximate surface area is 79.1 Å². The van der Waals surface area contributed by atoms with Gasteiger partial charge in [0.2, 0.25) is 0 Å². The topological polar surface area (TPSA) is 59.9 Å². The maximum absolute atomic E-state index is 10.9. The lowest BCUT2D eigenvalue weighted by molar-refractivity contribution is 0.597. The third-order valence-corrected chi connectivity index (χ3v) is 2.74. The summed E-state index contributed by atoms with van der Waals surface area (Å²) in [7, 11) is -3.22. The molecule has 1 aromatic rings. The minimum absolute atomic E-state index is 0.00667. The fraction of sp³-hybridized carbons (Fsp3) is 0.333. The van der Waals surface area contributed by atoms with Crippen LogP contribution < -0.4 is 0 Å². The molecule has 6 heteroatoms. The minimum Gasteiger partial charge on any atom is -0.256 e. The molecule has 12 heavy (non-hydrogen) atoms. The van der Waals surface area contributed by atoms with Crippen LogP contribution in [0.5, 0.6) is 0 Å². The molecule has 0 amide bonds. The van der Waals surface area contributed by atoms with Gasteiger partial charge in [0, 0.05) is 11.6 Å². The molecule has 0 saturated heterocycles. The molecule has 0 atom stereocenters. The molecule has 0 unspecified atom stereocenters. The van der Waals surface area contributed by atoms with E-state index < -0.39 is 9.84 Å². The van der Waals surface area contributed by atoms with E-state index >= 15 is 0 Å². The van der Waals surface area contributed by atoms with Crippen LogP contribution in [0.3, 0.4) is 0 Å². The Bertz CT molecular complexity index is 360. The molecule has 0 fully saturated rings. The van der Waals surface area contributed by atoms with Crippen LogP contribution in [0.1, 0.15) is 5.69 Å². The Morgan fingerprint density at radius 3 is 2.42 bits per heavy atom. The van der Waals surface area contributed by atoms with Crippen LogP contribution in [0.4, 0.5) is 0 Å². The van der Waals surface area contributed by atoms with Crippen LogP contribution in [-0.4, -0.2) is 24.6 Å². The first-order valence-electron chi connectivity index (χ1n) is 3.11. The van der Waals surface area contributed by atoms with Gasteiger partial charge in [0.25, 0.3) is 0 Å². The largest absolute Gasteiger partial charge is 0.256 e. The third-order valence-electron chi connectivity index (χ3n) is 1.20. The lowest BCUT2D eigenvalue weighted by Crippen LogP contribution is -2.01. The molecule has 0 aliphatic carbocycles. The van der Waals surface area contributed by atoms with Crippen LogP contribution in [0.2, 0.25) is 0 Å². The number of nitrogens with zero attached hydrogens (tertiary/aromatic N) is 2. The van der Waals surface area contributed by atoms with Gasteiger partial charge in [-0.05, 0) is 0 Å². The van der Waals surface area contributed by atoms with Crippen molar-refractivity contribution in [2.45, 2.75) is 10.4 Å². The maximum atomic E-state index is 10.9. The first kappa shape index (κ1) is 9.60. The van der Waals surface area contributed by atoms with Crippen LogP contribution in [-0.2, 0) is 15.2 Å². The van der Waals surface area contributed by atoms with Crippen molar-refractivity contribution < 1.29 is 8.42 Å². The fourth-order valence-electron chi connectivity index (χ4n) is 0.603. The summed E-state index contributed by atoms with van der Waals surface area (Å²) in [5.41, 5.74) is 0.711. The summed E-state index contributed by atoms with van der Waals surface area (Å²) >= 11 is 3.18. The molecule has 0 radical (unpaired) electrons. The van der Waals surface area contributed by atoms with E-state index in [-0.39, 0.29) is 5.03 Å². The van der Waals surface area contributed by atoms with E-state index in [4.69, 9.17) is 0 Å². The summed E-state index contributed by atoms with van der Waals surface area (Å²) in [4.78, 5) is 7.62. The Hall–Kier alpha value is -0.490. The monoisotopic (exact) mass is 250 g/mol. The van der Waals surface area contributed by atoms with Crippen LogP contribution in [0.15, 0.2) is 17.4 Å². The molecule has 1 rings (SSSR count). The van der Waals surface area contributed by atoms with Gasteiger partial charge in [-0.25, -0.2) is 13.4 Å². The van der Waals surface area contributed by atoms with E-state index in [1.54, 1.807) is 0 Å². The van der Waals surface area contributed by atoms with Gasteiger partial charge >= 0.3 is 0 Å². The van der Waals surface area contributed by atoms with E-state index in [9.17, 15) is 8.42 Å². The first-order chi connectivity index (χ1) is 5.54. The van der Waals surface area contributed by atoms with Crippen LogP contribution in [0.25, 0.3) is 0 Å². The summed E-state index contributed by atoms with van der Waals surface area (Å²) in [5, 5.41) is 0.580. The van der Waals surface area contributed by atoms with Crippen LogP contribution in [0, 0.1) is 0 Å². The minimum atomic E-state index is -3.22. The number of rotatable bonds is 2. The van der Waals surface area contributed by atoms with Crippen molar-refractivity contribution in [1.29, 1.82) is 0 Å². The second-order valence-corrected chi connectivity index (χ2v) is 4.78. The number of hydrogen-bond acceptors (Lipinski definition) is 4. The van der Waals surface area contributed by atoms with E-state index in [1.165, 1.54) is 12.4 Å². The lowest BCUT2D eigenvalue weighted by Gasteiger charge is -1.96.